The van der Waals surface area contributed by atoms with Crippen molar-refractivity contribution >= 4 is 11.7 Å². The summed E-state index contributed by atoms with van der Waals surface area (Å²) in [7, 11) is 1.85. The quantitative estimate of drug-likeness (QED) is 0.753. The molecule has 7 heteroatoms. The van der Waals surface area contributed by atoms with E-state index in [0.717, 1.165) is 5.69 Å². The third-order valence-electron chi connectivity index (χ3n) is 2.49. The van der Waals surface area contributed by atoms with Crippen molar-refractivity contribution in [3.8, 4) is 0 Å². The molecule has 0 atom stereocenters. The van der Waals surface area contributed by atoms with E-state index in [0.29, 0.717) is 18.7 Å². The highest BCUT2D eigenvalue weighted by Crippen LogP contribution is 2.00. The first-order valence-electron chi connectivity index (χ1n) is 5.55. The van der Waals surface area contributed by atoms with Crippen molar-refractivity contribution in [1.29, 1.82) is 0 Å². The molecule has 2 N–H and O–H groups in total. The summed E-state index contributed by atoms with van der Waals surface area (Å²) in [4.78, 5) is 11.5. The summed E-state index contributed by atoms with van der Waals surface area (Å²) >= 11 is 0. The number of carbonyl (C=O) groups excluding carboxylic acids is 1. The molecule has 0 aliphatic rings. The summed E-state index contributed by atoms with van der Waals surface area (Å²) in [5, 5.41) is 7.94. The fourth-order valence-electron chi connectivity index (χ4n) is 1.56. The summed E-state index contributed by atoms with van der Waals surface area (Å²) in [6.45, 7) is 0.401. The number of rotatable bonds is 5. The van der Waals surface area contributed by atoms with Gasteiger partial charge in [0.1, 0.15) is 6.54 Å². The predicted molar refractivity (Wildman–Crippen MR) is 64.5 cm³/mol. The second-order valence-electron chi connectivity index (χ2n) is 3.89. The fourth-order valence-corrected chi connectivity index (χ4v) is 1.56. The van der Waals surface area contributed by atoms with E-state index in [1.807, 2.05) is 13.1 Å². The van der Waals surface area contributed by atoms with Gasteiger partial charge >= 0.3 is 5.97 Å². The van der Waals surface area contributed by atoms with Crippen molar-refractivity contribution in [3.05, 3.63) is 30.4 Å². The first kappa shape index (κ1) is 12.2. The Kier molecular flexibility index (Phi) is 3.61. The number of hydrogen-bond acceptors (Lipinski definition) is 5. The summed E-state index contributed by atoms with van der Waals surface area (Å²) in [6, 6.07) is 1.89. The maximum atomic E-state index is 11.5. The molecule has 0 unspecified atom stereocenters. The molecule has 0 radical (unpaired) electrons. The monoisotopic (exact) mass is 249 g/mol. The van der Waals surface area contributed by atoms with E-state index in [1.165, 1.54) is 10.9 Å². The van der Waals surface area contributed by atoms with Crippen LogP contribution < -0.4 is 5.73 Å². The number of carbonyl (C=O) groups is 1. The van der Waals surface area contributed by atoms with Gasteiger partial charge in [-0.25, -0.2) is 0 Å². The SMILES string of the molecule is Cn1nccc1CCOC(=O)Cn1cc(N)cn1. The van der Waals surface area contributed by atoms with Gasteiger partial charge in [0.05, 0.1) is 18.5 Å². The number of aromatic nitrogens is 4. The van der Waals surface area contributed by atoms with Crippen molar-refractivity contribution in [2.45, 2.75) is 13.0 Å². The Morgan fingerprint density at radius 2 is 2.33 bits per heavy atom. The van der Waals surface area contributed by atoms with Gasteiger partial charge in [0.15, 0.2) is 0 Å². The number of nitrogens with zero attached hydrogens (tertiary/aromatic N) is 4. The number of aryl methyl sites for hydroxylation is 1. The maximum Gasteiger partial charge on any atom is 0.327 e. The highest BCUT2D eigenvalue weighted by Gasteiger charge is 2.06. The van der Waals surface area contributed by atoms with E-state index in [1.54, 1.807) is 17.1 Å². The zero-order valence-corrected chi connectivity index (χ0v) is 10.1. The lowest BCUT2D eigenvalue weighted by atomic mass is 10.3. The van der Waals surface area contributed by atoms with Crippen LogP contribution in [0.2, 0.25) is 0 Å². The Bertz CT molecular complexity index is 531. The third-order valence-corrected chi connectivity index (χ3v) is 2.49. The van der Waals surface area contributed by atoms with Crippen molar-refractivity contribution in [2.24, 2.45) is 7.05 Å². The molecule has 96 valence electrons. The van der Waals surface area contributed by atoms with Crippen LogP contribution in [-0.4, -0.2) is 32.1 Å². The molecule has 0 aliphatic heterocycles. The van der Waals surface area contributed by atoms with Gasteiger partial charge in [-0.2, -0.15) is 10.2 Å². The maximum absolute atomic E-state index is 11.5. The zero-order chi connectivity index (χ0) is 13.0. The second kappa shape index (κ2) is 5.35. The largest absolute Gasteiger partial charge is 0.464 e. The van der Waals surface area contributed by atoms with Crippen LogP contribution in [-0.2, 0) is 29.5 Å². The van der Waals surface area contributed by atoms with Crippen molar-refractivity contribution in [3.63, 3.8) is 0 Å². The number of nitrogens with two attached hydrogens (primary N) is 1. The van der Waals surface area contributed by atoms with Gasteiger partial charge in [-0.3, -0.25) is 14.2 Å². The Labute approximate surface area is 104 Å². The smallest absolute Gasteiger partial charge is 0.327 e. The summed E-state index contributed by atoms with van der Waals surface area (Å²) < 4.78 is 8.30. The predicted octanol–water partition coefficient (Wildman–Crippen LogP) is -0.0153. The van der Waals surface area contributed by atoms with Crippen LogP contribution in [0.1, 0.15) is 5.69 Å². The van der Waals surface area contributed by atoms with Crippen LogP contribution in [0.4, 0.5) is 5.69 Å². The molecular weight excluding hydrogens is 234 g/mol. The first-order valence-corrected chi connectivity index (χ1v) is 5.55. The van der Waals surface area contributed by atoms with Gasteiger partial charge in [-0.1, -0.05) is 0 Å². The first-order chi connectivity index (χ1) is 8.65. The normalized spacial score (nSPS) is 10.5. The Morgan fingerprint density at radius 1 is 1.50 bits per heavy atom. The lowest BCUT2D eigenvalue weighted by molar-refractivity contribution is -0.144. The molecule has 18 heavy (non-hydrogen) atoms. The molecule has 0 saturated carbocycles. The topological polar surface area (TPSA) is 88.0 Å². The number of esters is 1. The molecule has 0 fully saturated rings. The van der Waals surface area contributed by atoms with Crippen molar-refractivity contribution in [2.75, 3.05) is 12.3 Å². The fraction of sp³-hybridized carbons (Fsp3) is 0.364. The van der Waals surface area contributed by atoms with Crippen molar-refractivity contribution in [1.82, 2.24) is 19.6 Å². The minimum atomic E-state index is -0.333. The van der Waals surface area contributed by atoms with Gasteiger partial charge in [0.25, 0.3) is 0 Å². The summed E-state index contributed by atoms with van der Waals surface area (Å²) in [5.41, 5.74) is 7.04. The van der Waals surface area contributed by atoms with E-state index in [2.05, 4.69) is 10.2 Å². The number of ether oxygens (including phenoxy) is 1. The van der Waals surface area contributed by atoms with E-state index < -0.39 is 0 Å². The minimum Gasteiger partial charge on any atom is -0.464 e. The van der Waals surface area contributed by atoms with Crippen LogP contribution in [0.3, 0.4) is 0 Å². The zero-order valence-electron chi connectivity index (χ0n) is 10.1. The van der Waals surface area contributed by atoms with E-state index in [9.17, 15) is 4.79 Å². The Balaban J connectivity index is 1.74. The van der Waals surface area contributed by atoms with Gasteiger partial charge < -0.3 is 10.5 Å². The van der Waals surface area contributed by atoms with Crippen LogP contribution in [0, 0.1) is 0 Å². The molecule has 2 rings (SSSR count). The van der Waals surface area contributed by atoms with Crippen LogP contribution >= 0.6 is 0 Å². The summed E-state index contributed by atoms with van der Waals surface area (Å²) in [6.07, 6.45) is 5.43. The highest BCUT2D eigenvalue weighted by molar-refractivity contribution is 5.69. The van der Waals surface area contributed by atoms with Crippen molar-refractivity contribution < 1.29 is 9.53 Å². The third kappa shape index (κ3) is 3.09. The van der Waals surface area contributed by atoms with E-state index in [4.69, 9.17) is 10.5 Å². The van der Waals surface area contributed by atoms with Crippen LogP contribution in [0.5, 0.6) is 0 Å². The average Bonchev–Trinajstić information content (AvgIpc) is 2.89. The van der Waals surface area contributed by atoms with Gasteiger partial charge in [0.2, 0.25) is 0 Å². The Hall–Kier alpha value is -2.31. The molecule has 0 aliphatic carbocycles. The number of anilines is 1. The van der Waals surface area contributed by atoms with E-state index in [-0.39, 0.29) is 12.5 Å². The van der Waals surface area contributed by atoms with Gasteiger partial charge in [-0.15, -0.1) is 0 Å². The Morgan fingerprint density at radius 3 is 2.94 bits per heavy atom. The van der Waals surface area contributed by atoms with E-state index >= 15 is 0 Å². The minimum absolute atomic E-state index is 0.0720. The van der Waals surface area contributed by atoms with Crippen LogP contribution in [0.25, 0.3) is 0 Å². The molecule has 7 nitrogen and oxygen atoms in total. The van der Waals surface area contributed by atoms with Crippen LogP contribution in [0.15, 0.2) is 24.7 Å². The standard InChI is InChI=1S/C11H15N5O2/c1-15-10(2-4-13-15)3-5-18-11(17)8-16-7-9(12)6-14-16/h2,4,6-7H,3,5,8,12H2,1H3. The highest BCUT2D eigenvalue weighted by atomic mass is 16.5. The molecule has 0 saturated heterocycles. The number of nitrogen functional groups attached to an aromatic ring is 1. The molecule has 2 heterocycles. The molecule has 0 spiro atoms. The van der Waals surface area contributed by atoms with Gasteiger partial charge in [0, 0.05) is 31.6 Å². The molecule has 0 aromatic carbocycles. The van der Waals surface area contributed by atoms with Gasteiger partial charge in [-0.05, 0) is 6.07 Å². The second-order valence-corrected chi connectivity index (χ2v) is 3.89. The number of hydrogen-bond donors (Lipinski definition) is 1. The molecular formula is C11H15N5O2. The molecule has 0 bridgehead atoms. The summed E-state index contributed by atoms with van der Waals surface area (Å²) in [5.74, 6) is -0.333. The molecule has 2 aromatic rings. The average molecular weight is 249 g/mol. The lowest BCUT2D eigenvalue weighted by Crippen LogP contribution is -2.16. The molecule has 0 amide bonds. The molecule has 2 aromatic heterocycles. The lowest BCUT2D eigenvalue weighted by Gasteiger charge is -2.05.